The third kappa shape index (κ3) is 3.30. The van der Waals surface area contributed by atoms with E-state index < -0.39 is 0 Å². The van der Waals surface area contributed by atoms with Gasteiger partial charge in [0.25, 0.3) is 0 Å². The molecule has 5 rings (SSSR count). The molecular formula is C26H20N2O2. The molecule has 0 radical (unpaired) electrons. The van der Waals surface area contributed by atoms with E-state index in [4.69, 9.17) is 22.3 Å². The summed E-state index contributed by atoms with van der Waals surface area (Å²) in [7, 11) is 0. The highest BCUT2D eigenvalue weighted by Crippen LogP contribution is 2.37. The van der Waals surface area contributed by atoms with Crippen molar-refractivity contribution < 1.29 is 9.47 Å². The minimum atomic E-state index is 0.481. The lowest BCUT2D eigenvalue weighted by Gasteiger charge is -2.34. The molecule has 0 aromatic heterocycles. The number of terminal acetylenes is 2. The van der Waals surface area contributed by atoms with Crippen molar-refractivity contribution in [1.29, 1.82) is 0 Å². The van der Waals surface area contributed by atoms with Crippen LogP contribution in [0.15, 0.2) is 60.7 Å². The molecule has 0 unspecified atom stereocenters. The molecule has 2 aliphatic rings. The van der Waals surface area contributed by atoms with Crippen molar-refractivity contribution in [2.75, 3.05) is 23.3 Å². The number of rotatable bonds is 2. The fourth-order valence-corrected chi connectivity index (χ4v) is 3.87. The molecule has 30 heavy (non-hydrogen) atoms. The minimum Gasteiger partial charge on any atom is -0.473 e. The Morgan fingerprint density at radius 2 is 1.13 bits per heavy atom. The molecule has 0 saturated carbocycles. The molecule has 0 fully saturated rings. The second-order valence-corrected chi connectivity index (χ2v) is 7.40. The van der Waals surface area contributed by atoms with Crippen LogP contribution >= 0.6 is 0 Å². The normalized spacial score (nSPS) is 14.5. The molecule has 0 amide bonds. The van der Waals surface area contributed by atoms with E-state index >= 15 is 0 Å². The summed E-state index contributed by atoms with van der Waals surface area (Å²) in [6.07, 6.45) is 11.1. The van der Waals surface area contributed by atoms with E-state index in [0.717, 1.165) is 58.2 Å². The molecule has 0 aliphatic carbocycles. The number of hydrogen-bond acceptors (Lipinski definition) is 4. The Hall–Kier alpha value is -4.02. The molecular weight excluding hydrogens is 372 g/mol. The highest BCUT2D eigenvalue weighted by atomic mass is 16.5. The number of benzene rings is 3. The first-order valence-corrected chi connectivity index (χ1v) is 9.78. The maximum atomic E-state index is 6.08. The van der Waals surface area contributed by atoms with Crippen LogP contribution in [-0.2, 0) is 13.1 Å². The van der Waals surface area contributed by atoms with Gasteiger partial charge in [0.05, 0.1) is 0 Å². The highest BCUT2D eigenvalue weighted by molar-refractivity contribution is 5.58. The van der Waals surface area contributed by atoms with Crippen molar-refractivity contribution in [3.05, 3.63) is 82.9 Å². The number of fused-ring (bicyclic) bond motifs is 2. The molecule has 2 aliphatic heterocycles. The predicted octanol–water partition coefficient (Wildman–Crippen LogP) is 4.36. The summed E-state index contributed by atoms with van der Waals surface area (Å²) in [6.45, 7) is 2.45. The lowest BCUT2D eigenvalue weighted by Crippen LogP contribution is -2.34. The number of nitrogens with zero attached hydrogens (tertiary/aromatic N) is 2. The van der Waals surface area contributed by atoms with Crippen LogP contribution in [0.3, 0.4) is 0 Å². The first kappa shape index (κ1) is 18.0. The van der Waals surface area contributed by atoms with E-state index in [1.54, 1.807) is 0 Å². The van der Waals surface area contributed by atoms with Crippen molar-refractivity contribution in [2.45, 2.75) is 13.1 Å². The van der Waals surface area contributed by atoms with E-state index in [9.17, 15) is 0 Å². The van der Waals surface area contributed by atoms with Gasteiger partial charge in [0.2, 0.25) is 0 Å². The third-order valence-electron chi connectivity index (χ3n) is 5.47. The Morgan fingerprint density at radius 3 is 1.57 bits per heavy atom. The van der Waals surface area contributed by atoms with Crippen molar-refractivity contribution in [3.8, 4) is 36.2 Å². The standard InChI is InChI=1S/C26H20N2O2/c1-3-19-7-5-9-23(11-19)27-15-21-13-26-22(14-25(21)29-17-27)16-28(18-30-26)24-10-6-8-20(4-2)12-24/h1-2,5-14H,15-18H2. The lowest BCUT2D eigenvalue weighted by molar-refractivity contribution is 0.274. The summed E-state index contributed by atoms with van der Waals surface area (Å²) in [4.78, 5) is 4.33. The van der Waals surface area contributed by atoms with Crippen molar-refractivity contribution in [3.63, 3.8) is 0 Å². The number of hydrogen-bond donors (Lipinski definition) is 0. The van der Waals surface area contributed by atoms with Gasteiger partial charge < -0.3 is 19.3 Å². The van der Waals surface area contributed by atoms with Gasteiger partial charge in [0, 0.05) is 46.7 Å². The molecule has 3 aromatic carbocycles. The van der Waals surface area contributed by atoms with Gasteiger partial charge in [-0.15, -0.1) is 12.8 Å². The first-order valence-electron chi connectivity index (χ1n) is 9.78. The van der Waals surface area contributed by atoms with Crippen LogP contribution in [-0.4, -0.2) is 13.5 Å². The van der Waals surface area contributed by atoms with E-state index in [0.29, 0.717) is 13.5 Å². The maximum Gasteiger partial charge on any atom is 0.161 e. The summed E-state index contributed by atoms with van der Waals surface area (Å²) in [6, 6.07) is 20.1. The molecule has 0 N–H and O–H groups in total. The van der Waals surface area contributed by atoms with E-state index in [2.05, 4.69) is 33.8 Å². The van der Waals surface area contributed by atoms with Crippen LogP contribution in [0.5, 0.6) is 11.5 Å². The van der Waals surface area contributed by atoms with Gasteiger partial charge in [-0.2, -0.15) is 0 Å². The van der Waals surface area contributed by atoms with E-state index in [1.165, 1.54) is 0 Å². The average Bonchev–Trinajstić information content (AvgIpc) is 2.82. The Bertz CT molecular complexity index is 1110. The lowest BCUT2D eigenvalue weighted by atomic mass is 10.0. The second-order valence-electron chi connectivity index (χ2n) is 7.40. The predicted molar refractivity (Wildman–Crippen MR) is 119 cm³/mol. The molecule has 0 bridgehead atoms. The van der Waals surface area contributed by atoms with E-state index in [1.807, 2.05) is 48.5 Å². The van der Waals surface area contributed by atoms with Crippen molar-refractivity contribution in [2.24, 2.45) is 0 Å². The SMILES string of the molecule is C#Cc1cccc(N2COc3cc4c(cc3C2)OCN(c2cccc(C#C)c2)C4)c1. The molecule has 4 nitrogen and oxygen atoms in total. The van der Waals surface area contributed by atoms with Gasteiger partial charge in [-0.3, -0.25) is 0 Å². The molecule has 0 saturated heterocycles. The smallest absolute Gasteiger partial charge is 0.161 e. The summed E-state index contributed by atoms with van der Waals surface area (Å²) in [5.41, 5.74) is 6.04. The number of ether oxygens (including phenoxy) is 2. The third-order valence-corrected chi connectivity index (χ3v) is 5.47. The van der Waals surface area contributed by atoms with Crippen molar-refractivity contribution >= 4 is 11.4 Å². The van der Waals surface area contributed by atoms with Crippen LogP contribution in [0, 0.1) is 24.7 Å². The summed E-state index contributed by atoms with van der Waals surface area (Å²) >= 11 is 0. The molecule has 0 atom stereocenters. The Morgan fingerprint density at radius 1 is 0.667 bits per heavy atom. The Kier molecular flexibility index (Phi) is 4.46. The van der Waals surface area contributed by atoms with Crippen molar-refractivity contribution in [1.82, 2.24) is 0 Å². The zero-order valence-corrected chi connectivity index (χ0v) is 16.5. The fourth-order valence-electron chi connectivity index (χ4n) is 3.87. The highest BCUT2D eigenvalue weighted by Gasteiger charge is 2.24. The van der Waals surface area contributed by atoms with Gasteiger partial charge in [0.1, 0.15) is 11.5 Å². The minimum absolute atomic E-state index is 0.481. The van der Waals surface area contributed by atoms with Gasteiger partial charge >= 0.3 is 0 Å². The molecule has 0 spiro atoms. The zero-order valence-electron chi connectivity index (χ0n) is 16.5. The van der Waals surface area contributed by atoms with Crippen LogP contribution in [0.1, 0.15) is 22.3 Å². The monoisotopic (exact) mass is 392 g/mol. The van der Waals surface area contributed by atoms with Gasteiger partial charge in [-0.25, -0.2) is 0 Å². The van der Waals surface area contributed by atoms with Crippen LogP contribution in [0.2, 0.25) is 0 Å². The summed E-state index contributed by atoms with van der Waals surface area (Å²) in [5.74, 6) is 7.18. The summed E-state index contributed by atoms with van der Waals surface area (Å²) < 4.78 is 12.2. The topological polar surface area (TPSA) is 24.9 Å². The first-order chi connectivity index (χ1) is 14.7. The quantitative estimate of drug-likeness (QED) is 0.605. The zero-order chi connectivity index (χ0) is 20.5. The van der Waals surface area contributed by atoms with Gasteiger partial charge in [0.15, 0.2) is 13.5 Å². The van der Waals surface area contributed by atoms with Gasteiger partial charge in [-0.1, -0.05) is 24.0 Å². The van der Waals surface area contributed by atoms with Crippen LogP contribution < -0.4 is 19.3 Å². The molecule has 4 heteroatoms. The average molecular weight is 392 g/mol. The molecule has 3 aromatic rings. The molecule has 146 valence electrons. The number of anilines is 2. The van der Waals surface area contributed by atoms with Gasteiger partial charge in [-0.05, 0) is 48.5 Å². The Labute approximate surface area is 176 Å². The van der Waals surface area contributed by atoms with Crippen LogP contribution in [0.25, 0.3) is 0 Å². The second kappa shape index (κ2) is 7.43. The Balaban J connectivity index is 1.38. The van der Waals surface area contributed by atoms with E-state index in [-0.39, 0.29) is 0 Å². The van der Waals surface area contributed by atoms with Crippen LogP contribution in [0.4, 0.5) is 11.4 Å². The molecule has 2 heterocycles. The maximum absolute atomic E-state index is 6.08. The largest absolute Gasteiger partial charge is 0.473 e. The summed E-state index contributed by atoms with van der Waals surface area (Å²) in [5, 5.41) is 0. The fraction of sp³-hybridized carbons (Fsp3) is 0.154.